The van der Waals surface area contributed by atoms with Crippen LogP contribution in [0.4, 0.5) is 0 Å². The second-order valence-electron chi connectivity index (χ2n) is 3.39. The van der Waals surface area contributed by atoms with Crippen molar-refractivity contribution in [1.29, 1.82) is 0 Å². The fraction of sp³-hybridized carbons (Fsp3) is 0.545. The molecule has 0 aliphatic heterocycles. The van der Waals surface area contributed by atoms with E-state index in [0.717, 1.165) is 19.4 Å². The number of rotatable bonds is 7. The molecule has 0 unspecified atom stereocenters. The summed E-state index contributed by atoms with van der Waals surface area (Å²) in [6, 6.07) is 4.16. The zero-order valence-corrected chi connectivity index (χ0v) is 9.90. The summed E-state index contributed by atoms with van der Waals surface area (Å²) in [7, 11) is 1.88. The molecule has 84 valence electrons. The van der Waals surface area contributed by atoms with Crippen LogP contribution in [-0.4, -0.2) is 26.0 Å². The van der Waals surface area contributed by atoms with Crippen molar-refractivity contribution in [2.45, 2.75) is 19.3 Å². The van der Waals surface area contributed by atoms with Crippen LogP contribution in [0.3, 0.4) is 0 Å². The van der Waals surface area contributed by atoms with Gasteiger partial charge < -0.3 is 10.6 Å². The van der Waals surface area contributed by atoms with Crippen LogP contribution < -0.4 is 10.6 Å². The molecule has 0 atom stereocenters. The Kier molecular flexibility index (Phi) is 6.04. The molecular formula is C11H18N2OS. The van der Waals surface area contributed by atoms with E-state index in [0.29, 0.717) is 13.0 Å². The van der Waals surface area contributed by atoms with Gasteiger partial charge >= 0.3 is 0 Å². The van der Waals surface area contributed by atoms with Crippen LogP contribution in [0.2, 0.25) is 0 Å². The number of amides is 1. The van der Waals surface area contributed by atoms with Crippen LogP contribution in [0.1, 0.15) is 17.7 Å². The van der Waals surface area contributed by atoms with Gasteiger partial charge in [0.15, 0.2) is 0 Å². The topological polar surface area (TPSA) is 41.1 Å². The Morgan fingerprint density at radius 2 is 2.33 bits per heavy atom. The van der Waals surface area contributed by atoms with E-state index in [4.69, 9.17) is 0 Å². The zero-order chi connectivity index (χ0) is 10.9. The maximum Gasteiger partial charge on any atom is 0.220 e. The van der Waals surface area contributed by atoms with E-state index in [1.54, 1.807) is 11.3 Å². The van der Waals surface area contributed by atoms with Crippen molar-refractivity contribution in [3.05, 3.63) is 22.4 Å². The lowest BCUT2D eigenvalue weighted by atomic mass is 10.2. The molecule has 1 amide bonds. The Morgan fingerprint density at radius 1 is 1.47 bits per heavy atom. The normalized spacial score (nSPS) is 10.2. The number of nitrogens with one attached hydrogen (secondary N) is 2. The van der Waals surface area contributed by atoms with Gasteiger partial charge in [0.1, 0.15) is 0 Å². The Bertz CT molecular complexity index is 272. The third-order valence-corrected chi connectivity index (χ3v) is 3.04. The van der Waals surface area contributed by atoms with E-state index in [-0.39, 0.29) is 5.91 Å². The predicted octanol–water partition coefficient (Wildman–Crippen LogP) is 1.41. The molecule has 1 heterocycles. The van der Waals surface area contributed by atoms with Gasteiger partial charge in [-0.25, -0.2) is 0 Å². The average molecular weight is 226 g/mol. The number of carbonyl (C=O) groups is 1. The summed E-state index contributed by atoms with van der Waals surface area (Å²) in [6.45, 7) is 1.55. The standard InChI is InChI=1S/C11H18N2OS/c1-12-7-8-13-11(14)6-2-4-10-5-3-9-15-10/h3,5,9,12H,2,4,6-8H2,1H3,(H,13,14). The lowest BCUT2D eigenvalue weighted by Crippen LogP contribution is -2.30. The van der Waals surface area contributed by atoms with Crippen molar-refractivity contribution in [2.75, 3.05) is 20.1 Å². The first-order valence-corrected chi connectivity index (χ1v) is 6.14. The van der Waals surface area contributed by atoms with Gasteiger partial charge in [0.05, 0.1) is 0 Å². The summed E-state index contributed by atoms with van der Waals surface area (Å²) in [5, 5.41) is 7.93. The number of hydrogen-bond acceptors (Lipinski definition) is 3. The van der Waals surface area contributed by atoms with E-state index in [9.17, 15) is 4.79 Å². The number of carbonyl (C=O) groups excluding carboxylic acids is 1. The molecule has 1 aromatic heterocycles. The van der Waals surface area contributed by atoms with Crippen LogP contribution in [0.25, 0.3) is 0 Å². The van der Waals surface area contributed by atoms with Crippen molar-refractivity contribution in [2.24, 2.45) is 0 Å². The van der Waals surface area contributed by atoms with Crippen LogP contribution in [0, 0.1) is 0 Å². The second-order valence-corrected chi connectivity index (χ2v) is 4.42. The minimum absolute atomic E-state index is 0.154. The molecule has 0 aliphatic carbocycles. The Labute approximate surface area is 94.9 Å². The molecule has 0 saturated carbocycles. The number of hydrogen-bond donors (Lipinski definition) is 2. The highest BCUT2D eigenvalue weighted by atomic mass is 32.1. The highest BCUT2D eigenvalue weighted by Gasteiger charge is 2.00. The molecule has 2 N–H and O–H groups in total. The van der Waals surface area contributed by atoms with Crippen molar-refractivity contribution >= 4 is 17.2 Å². The van der Waals surface area contributed by atoms with Gasteiger partial charge in [0.25, 0.3) is 0 Å². The Morgan fingerprint density at radius 3 is 3.00 bits per heavy atom. The molecule has 1 aromatic rings. The van der Waals surface area contributed by atoms with E-state index in [1.807, 2.05) is 13.1 Å². The minimum Gasteiger partial charge on any atom is -0.355 e. The highest BCUT2D eigenvalue weighted by Crippen LogP contribution is 2.11. The zero-order valence-electron chi connectivity index (χ0n) is 9.08. The van der Waals surface area contributed by atoms with Gasteiger partial charge in [0.2, 0.25) is 5.91 Å². The third-order valence-electron chi connectivity index (χ3n) is 2.10. The number of aryl methyl sites for hydroxylation is 1. The lowest BCUT2D eigenvalue weighted by Gasteiger charge is -2.03. The van der Waals surface area contributed by atoms with E-state index >= 15 is 0 Å². The number of likely N-dealkylation sites (N-methyl/N-ethyl adjacent to an activating group) is 1. The van der Waals surface area contributed by atoms with E-state index in [2.05, 4.69) is 22.1 Å². The first kappa shape index (κ1) is 12.2. The molecule has 0 aliphatic rings. The molecular weight excluding hydrogens is 208 g/mol. The fourth-order valence-corrected chi connectivity index (χ4v) is 2.04. The lowest BCUT2D eigenvalue weighted by molar-refractivity contribution is -0.121. The van der Waals surface area contributed by atoms with Crippen LogP contribution in [0.5, 0.6) is 0 Å². The molecule has 4 heteroatoms. The van der Waals surface area contributed by atoms with E-state index in [1.165, 1.54) is 4.88 Å². The monoisotopic (exact) mass is 226 g/mol. The van der Waals surface area contributed by atoms with Gasteiger partial charge in [-0.2, -0.15) is 0 Å². The third kappa shape index (κ3) is 5.54. The van der Waals surface area contributed by atoms with Gasteiger partial charge in [-0.3, -0.25) is 4.79 Å². The molecule has 0 radical (unpaired) electrons. The van der Waals surface area contributed by atoms with Crippen molar-refractivity contribution in [3.8, 4) is 0 Å². The molecule has 0 spiro atoms. The average Bonchev–Trinajstić information content (AvgIpc) is 2.71. The highest BCUT2D eigenvalue weighted by molar-refractivity contribution is 7.09. The van der Waals surface area contributed by atoms with Gasteiger partial charge in [-0.1, -0.05) is 6.07 Å². The predicted molar refractivity (Wildman–Crippen MR) is 64.2 cm³/mol. The van der Waals surface area contributed by atoms with Gasteiger partial charge in [0, 0.05) is 24.4 Å². The molecule has 0 fully saturated rings. The minimum atomic E-state index is 0.154. The fourth-order valence-electron chi connectivity index (χ4n) is 1.29. The number of thiophene rings is 1. The Hall–Kier alpha value is -0.870. The SMILES string of the molecule is CNCCNC(=O)CCCc1cccs1. The quantitative estimate of drug-likeness (QED) is 0.690. The van der Waals surface area contributed by atoms with Crippen molar-refractivity contribution in [3.63, 3.8) is 0 Å². The maximum atomic E-state index is 11.3. The van der Waals surface area contributed by atoms with Crippen molar-refractivity contribution < 1.29 is 4.79 Å². The molecule has 0 aromatic carbocycles. The maximum absolute atomic E-state index is 11.3. The molecule has 1 rings (SSSR count). The Balaban J connectivity index is 2.02. The first-order chi connectivity index (χ1) is 7.33. The largest absolute Gasteiger partial charge is 0.355 e. The summed E-state index contributed by atoms with van der Waals surface area (Å²) in [5.41, 5.74) is 0. The molecule has 15 heavy (non-hydrogen) atoms. The van der Waals surface area contributed by atoms with Crippen molar-refractivity contribution in [1.82, 2.24) is 10.6 Å². The summed E-state index contributed by atoms with van der Waals surface area (Å²) in [4.78, 5) is 12.7. The second kappa shape index (κ2) is 7.43. The smallest absolute Gasteiger partial charge is 0.220 e. The van der Waals surface area contributed by atoms with Crippen LogP contribution in [0.15, 0.2) is 17.5 Å². The summed E-state index contributed by atoms with van der Waals surface area (Å²) < 4.78 is 0. The van der Waals surface area contributed by atoms with Gasteiger partial charge in [-0.05, 0) is 31.3 Å². The summed E-state index contributed by atoms with van der Waals surface area (Å²) in [5.74, 6) is 0.154. The molecule has 0 bridgehead atoms. The van der Waals surface area contributed by atoms with Crippen LogP contribution in [-0.2, 0) is 11.2 Å². The molecule has 0 saturated heterocycles. The summed E-state index contributed by atoms with van der Waals surface area (Å²) >= 11 is 1.75. The first-order valence-electron chi connectivity index (χ1n) is 5.26. The summed E-state index contributed by atoms with van der Waals surface area (Å²) in [6.07, 6.45) is 2.57. The molecule has 3 nitrogen and oxygen atoms in total. The van der Waals surface area contributed by atoms with E-state index < -0.39 is 0 Å². The van der Waals surface area contributed by atoms with Gasteiger partial charge in [-0.15, -0.1) is 11.3 Å². The van der Waals surface area contributed by atoms with Crippen LogP contribution >= 0.6 is 11.3 Å².